The molecule has 9 rings (SSSR count). The fourth-order valence-electron chi connectivity index (χ4n) is 6.13. The van der Waals surface area contributed by atoms with Gasteiger partial charge in [-0.15, -0.1) is 10.2 Å². The number of hydrogen-bond donors (Lipinski definition) is 1. The van der Waals surface area contributed by atoms with Gasteiger partial charge in [0, 0.05) is 36.3 Å². The number of rotatable bonds is 10. The van der Waals surface area contributed by atoms with E-state index < -0.39 is 9.84 Å². The van der Waals surface area contributed by atoms with Gasteiger partial charge in [-0.1, -0.05) is 77.2 Å². The van der Waals surface area contributed by atoms with Crippen LogP contribution in [0.1, 0.15) is 5.56 Å². The van der Waals surface area contributed by atoms with Crippen molar-refractivity contribution in [2.24, 2.45) is 0 Å². The molecule has 0 atom stereocenters. The summed E-state index contributed by atoms with van der Waals surface area (Å²) in [6.45, 7) is 0.602. The van der Waals surface area contributed by atoms with Crippen molar-refractivity contribution in [3.8, 4) is 56.7 Å². The first-order valence-electron chi connectivity index (χ1n) is 18.4. The lowest BCUT2D eigenvalue weighted by Crippen LogP contribution is -2.06. The van der Waals surface area contributed by atoms with Crippen LogP contribution in [-0.4, -0.2) is 64.6 Å². The van der Waals surface area contributed by atoms with Gasteiger partial charge >= 0.3 is 0 Å². The summed E-state index contributed by atoms with van der Waals surface area (Å²) in [4.78, 5) is 17.1. The Morgan fingerprint density at radius 3 is 1.48 bits per heavy atom. The number of para-hydroxylation sites is 2. The molecule has 0 fully saturated rings. The molecule has 0 spiro atoms. The van der Waals surface area contributed by atoms with Gasteiger partial charge in [-0.05, 0) is 90.5 Å². The van der Waals surface area contributed by atoms with E-state index in [9.17, 15) is 17.2 Å². The van der Waals surface area contributed by atoms with Gasteiger partial charge in [-0.2, -0.15) is 0 Å². The van der Waals surface area contributed by atoms with Gasteiger partial charge in [0.25, 0.3) is 0 Å². The fraction of sp³-hybridized carbons (Fsp3) is 0.0455. The third kappa shape index (κ3) is 8.83. The third-order valence-electron chi connectivity index (χ3n) is 8.98. The van der Waals surface area contributed by atoms with Crippen LogP contribution in [0.2, 0.25) is 0 Å². The Kier molecular flexibility index (Phi) is 11.3. The molecule has 0 saturated carbocycles. The standard InChI is InChI=1S/C25H19FN6.C19H14FN5O2S/c26-20-13-11-19(12-14-20)23-24(32(31-30-23)21-9-5-2-6-10-21)22-15-16-27-25(29-22)28-17-18-7-3-1-4-8-18;1-28(26,27)19-21-12-11-16(22-19)18-17(13-7-9-14(20)10-8-13)23-24-25(18)15-5-3-2-4-6-15/h1-16H,17H2,(H,27,28,29);2-12H,1H3. The van der Waals surface area contributed by atoms with E-state index in [1.165, 1.54) is 30.5 Å². The van der Waals surface area contributed by atoms with Gasteiger partial charge in [-0.25, -0.2) is 46.5 Å². The molecule has 0 aliphatic carbocycles. The van der Waals surface area contributed by atoms with E-state index in [1.807, 2.05) is 97.1 Å². The van der Waals surface area contributed by atoms with Crippen LogP contribution in [0.4, 0.5) is 14.7 Å². The van der Waals surface area contributed by atoms with Crippen molar-refractivity contribution in [3.05, 3.63) is 181 Å². The minimum atomic E-state index is -3.60. The summed E-state index contributed by atoms with van der Waals surface area (Å²) < 4.78 is 54.0. The van der Waals surface area contributed by atoms with Crippen molar-refractivity contribution >= 4 is 15.8 Å². The maximum Gasteiger partial charge on any atom is 0.247 e. The molecule has 1 N–H and O–H groups in total. The highest BCUT2D eigenvalue weighted by molar-refractivity contribution is 7.90. The first kappa shape index (κ1) is 39.0. The highest BCUT2D eigenvalue weighted by Crippen LogP contribution is 2.33. The van der Waals surface area contributed by atoms with Crippen LogP contribution in [0.3, 0.4) is 0 Å². The van der Waals surface area contributed by atoms with Crippen LogP contribution in [0.5, 0.6) is 0 Å². The van der Waals surface area contributed by atoms with Crippen LogP contribution < -0.4 is 5.32 Å². The van der Waals surface area contributed by atoms with Crippen molar-refractivity contribution in [1.82, 2.24) is 49.9 Å². The maximum absolute atomic E-state index is 13.5. The zero-order chi connectivity index (χ0) is 41.5. The van der Waals surface area contributed by atoms with E-state index in [1.54, 1.807) is 45.9 Å². The summed E-state index contributed by atoms with van der Waals surface area (Å²) in [5.41, 5.74) is 7.30. The number of nitrogens with one attached hydrogen (secondary N) is 1. The fourth-order valence-corrected chi connectivity index (χ4v) is 6.65. The second-order valence-corrected chi connectivity index (χ2v) is 15.1. The topological polar surface area (TPSA) is 159 Å². The van der Waals surface area contributed by atoms with E-state index in [4.69, 9.17) is 4.98 Å². The van der Waals surface area contributed by atoms with Crippen LogP contribution >= 0.6 is 0 Å². The van der Waals surface area contributed by atoms with Crippen molar-refractivity contribution in [3.63, 3.8) is 0 Å². The van der Waals surface area contributed by atoms with Gasteiger partial charge in [0.2, 0.25) is 20.9 Å². The minimum Gasteiger partial charge on any atom is -0.350 e. The molecule has 60 heavy (non-hydrogen) atoms. The number of halogens is 2. The summed E-state index contributed by atoms with van der Waals surface area (Å²) >= 11 is 0. The first-order valence-corrected chi connectivity index (χ1v) is 20.3. The van der Waals surface area contributed by atoms with E-state index in [2.05, 4.69) is 40.9 Å². The van der Waals surface area contributed by atoms with Crippen molar-refractivity contribution in [2.45, 2.75) is 11.7 Å². The van der Waals surface area contributed by atoms with Crippen LogP contribution in [0.25, 0.3) is 56.7 Å². The number of sulfone groups is 1. The number of anilines is 1. The largest absolute Gasteiger partial charge is 0.350 e. The Bertz CT molecular complexity index is 2970. The van der Waals surface area contributed by atoms with Crippen LogP contribution in [-0.2, 0) is 16.4 Å². The molecule has 13 nitrogen and oxygen atoms in total. The summed E-state index contributed by atoms with van der Waals surface area (Å²) in [6, 6.07) is 44.4. The number of nitrogens with zero attached hydrogens (tertiary/aromatic N) is 10. The molecule has 0 aliphatic rings. The molecule has 0 saturated heterocycles. The smallest absolute Gasteiger partial charge is 0.247 e. The third-order valence-corrected chi connectivity index (χ3v) is 9.84. The molecule has 0 aliphatic heterocycles. The summed E-state index contributed by atoms with van der Waals surface area (Å²) in [6.07, 6.45) is 4.11. The van der Waals surface area contributed by atoms with E-state index in [0.717, 1.165) is 28.8 Å². The summed E-state index contributed by atoms with van der Waals surface area (Å²) in [7, 11) is -3.60. The SMILES string of the molecule is CS(=O)(=O)c1nccc(-c2c(-c3ccc(F)cc3)nnn2-c2ccccc2)n1.Fc1ccc(-c2nnn(-c3ccccc3)c2-c2ccnc(NCc3ccccc3)n2)cc1. The lowest BCUT2D eigenvalue weighted by molar-refractivity contribution is 0.593. The van der Waals surface area contributed by atoms with Crippen LogP contribution in [0, 0.1) is 11.6 Å². The molecule has 16 heteroatoms. The molecular weight excluding hydrogens is 785 g/mol. The lowest BCUT2D eigenvalue weighted by atomic mass is 10.1. The number of aromatic nitrogens is 10. The monoisotopic (exact) mass is 817 g/mol. The quantitative estimate of drug-likeness (QED) is 0.133. The highest BCUT2D eigenvalue weighted by Gasteiger charge is 2.22. The highest BCUT2D eigenvalue weighted by atomic mass is 32.2. The Hall–Kier alpha value is -7.85. The normalized spacial score (nSPS) is 11.1. The predicted molar refractivity (Wildman–Crippen MR) is 222 cm³/mol. The summed E-state index contributed by atoms with van der Waals surface area (Å²) in [5.74, 6) is -0.181. The minimum absolute atomic E-state index is 0.295. The Balaban J connectivity index is 0.000000168. The molecule has 0 unspecified atom stereocenters. The molecule has 9 aromatic rings. The molecule has 0 amide bonds. The Morgan fingerprint density at radius 1 is 0.550 bits per heavy atom. The Labute approximate surface area is 343 Å². The second-order valence-electron chi connectivity index (χ2n) is 13.2. The van der Waals surface area contributed by atoms with Gasteiger partial charge in [-0.3, -0.25) is 0 Å². The van der Waals surface area contributed by atoms with E-state index in [-0.39, 0.29) is 16.8 Å². The van der Waals surface area contributed by atoms with Gasteiger partial charge in [0.05, 0.1) is 22.8 Å². The molecule has 0 radical (unpaired) electrons. The average molecular weight is 818 g/mol. The van der Waals surface area contributed by atoms with Crippen molar-refractivity contribution in [2.75, 3.05) is 11.6 Å². The van der Waals surface area contributed by atoms with Crippen molar-refractivity contribution < 1.29 is 17.2 Å². The second kappa shape index (κ2) is 17.3. The van der Waals surface area contributed by atoms with E-state index >= 15 is 0 Å². The molecule has 4 aromatic heterocycles. The van der Waals surface area contributed by atoms with Gasteiger partial charge < -0.3 is 5.32 Å². The lowest BCUT2D eigenvalue weighted by Gasteiger charge is -2.10. The molecule has 5 aromatic carbocycles. The van der Waals surface area contributed by atoms with E-state index in [0.29, 0.717) is 52.2 Å². The first-order chi connectivity index (χ1) is 29.2. The number of benzene rings is 5. The molecular formula is C44H33F2N11O2S. The molecule has 4 heterocycles. The summed E-state index contributed by atoms with van der Waals surface area (Å²) in [5, 5.41) is 20.2. The number of hydrogen-bond acceptors (Lipinski definition) is 11. The van der Waals surface area contributed by atoms with Gasteiger partial charge in [0.15, 0.2) is 0 Å². The molecule has 296 valence electrons. The molecule has 0 bridgehead atoms. The zero-order valence-electron chi connectivity index (χ0n) is 31.7. The Morgan fingerprint density at radius 2 is 1.00 bits per heavy atom. The van der Waals surface area contributed by atoms with Crippen molar-refractivity contribution in [1.29, 1.82) is 0 Å². The van der Waals surface area contributed by atoms with Crippen LogP contribution in [0.15, 0.2) is 169 Å². The average Bonchev–Trinajstić information content (AvgIpc) is 3.94. The van der Waals surface area contributed by atoms with Gasteiger partial charge in [0.1, 0.15) is 34.4 Å². The predicted octanol–water partition coefficient (Wildman–Crippen LogP) is 8.08. The maximum atomic E-state index is 13.5. The zero-order valence-corrected chi connectivity index (χ0v) is 32.6.